The van der Waals surface area contributed by atoms with Gasteiger partial charge in [-0.15, -0.1) is 24.8 Å². The largest absolute Gasteiger partial charge is 0.353 e. The number of anilines is 1. The molecule has 7 nitrogen and oxygen atoms in total. The molecular formula is C28H31Cl4F2N5O2. The summed E-state index contributed by atoms with van der Waals surface area (Å²) in [5, 5.41) is 9.00. The standard InChI is InChI=1S/C28H29Cl2F2N5O2.2ClH/c1-27(2,3)13-22-28(16-11-20(32)18(30)12-21(16)35-26(28)39)23(15-4-5-19(31)17(29)10-15)24(36-22)25(38)34-7-9-37-8-6-33-14-37;;/h4-6,8,10-12,14,22-24,36H,7,9,13H2,1-3H3,(H,34,38)(H,35,39);2*1H/t22-,23+,24-,28+;;/m1../s1. The third-order valence-electron chi connectivity index (χ3n) is 7.51. The van der Waals surface area contributed by atoms with Gasteiger partial charge in [0.25, 0.3) is 0 Å². The highest BCUT2D eigenvalue weighted by molar-refractivity contribution is 6.31. The summed E-state index contributed by atoms with van der Waals surface area (Å²) in [6, 6.07) is 5.36. The van der Waals surface area contributed by atoms with E-state index in [1.54, 1.807) is 18.7 Å². The quantitative estimate of drug-likeness (QED) is 0.312. The molecule has 1 spiro atoms. The Kier molecular flexibility index (Phi) is 10.0. The summed E-state index contributed by atoms with van der Waals surface area (Å²) in [7, 11) is 0. The molecule has 0 aliphatic carbocycles. The minimum absolute atomic E-state index is 0. The van der Waals surface area contributed by atoms with Gasteiger partial charge in [0.2, 0.25) is 11.8 Å². The molecule has 222 valence electrons. The van der Waals surface area contributed by atoms with Gasteiger partial charge in [-0.25, -0.2) is 13.8 Å². The lowest BCUT2D eigenvalue weighted by molar-refractivity contribution is -0.123. The average molecular weight is 649 g/mol. The van der Waals surface area contributed by atoms with E-state index in [1.807, 2.05) is 25.3 Å². The Morgan fingerprint density at radius 2 is 1.83 bits per heavy atom. The van der Waals surface area contributed by atoms with E-state index in [4.69, 9.17) is 23.2 Å². The highest BCUT2D eigenvalue weighted by atomic mass is 35.5. The number of hydrogen-bond acceptors (Lipinski definition) is 4. The molecule has 2 aliphatic heterocycles. The lowest BCUT2D eigenvalue weighted by Gasteiger charge is -2.37. The van der Waals surface area contributed by atoms with Crippen molar-refractivity contribution in [2.45, 2.75) is 57.2 Å². The zero-order valence-corrected chi connectivity index (χ0v) is 25.7. The van der Waals surface area contributed by atoms with E-state index in [1.165, 1.54) is 30.3 Å². The average Bonchev–Trinajstić information content (AvgIpc) is 3.55. The van der Waals surface area contributed by atoms with Crippen molar-refractivity contribution in [3.05, 3.63) is 81.9 Å². The van der Waals surface area contributed by atoms with Crippen molar-refractivity contribution < 1.29 is 18.4 Å². The molecule has 2 aromatic carbocycles. The van der Waals surface area contributed by atoms with Crippen LogP contribution in [0, 0.1) is 17.0 Å². The summed E-state index contributed by atoms with van der Waals surface area (Å²) in [6.45, 7) is 6.89. The Balaban J connectivity index is 0.00000231. The lowest BCUT2D eigenvalue weighted by Crippen LogP contribution is -2.49. The van der Waals surface area contributed by atoms with Gasteiger partial charge in [-0.1, -0.05) is 50.0 Å². The Hall–Kier alpha value is -2.43. The van der Waals surface area contributed by atoms with Gasteiger partial charge in [0, 0.05) is 43.1 Å². The van der Waals surface area contributed by atoms with E-state index in [-0.39, 0.29) is 52.1 Å². The van der Waals surface area contributed by atoms with Crippen LogP contribution >= 0.6 is 48.0 Å². The number of fused-ring (bicyclic) bond motifs is 2. The number of carbonyl (C=O) groups excluding carboxylic acids is 2. The molecule has 1 saturated heterocycles. The molecule has 2 amide bonds. The van der Waals surface area contributed by atoms with Gasteiger partial charge < -0.3 is 20.5 Å². The van der Waals surface area contributed by atoms with E-state index in [0.29, 0.717) is 36.3 Å². The van der Waals surface area contributed by atoms with Gasteiger partial charge in [0.05, 0.1) is 22.4 Å². The van der Waals surface area contributed by atoms with E-state index in [9.17, 15) is 18.4 Å². The molecule has 0 radical (unpaired) electrons. The van der Waals surface area contributed by atoms with Crippen molar-refractivity contribution in [3.8, 4) is 0 Å². The first-order valence-corrected chi connectivity index (χ1v) is 13.4. The fourth-order valence-electron chi connectivity index (χ4n) is 5.98. The van der Waals surface area contributed by atoms with Crippen molar-refractivity contribution in [3.63, 3.8) is 0 Å². The number of carbonyl (C=O) groups is 2. The van der Waals surface area contributed by atoms with Crippen LogP contribution in [0.5, 0.6) is 0 Å². The third kappa shape index (κ3) is 6.06. The predicted molar refractivity (Wildman–Crippen MR) is 160 cm³/mol. The summed E-state index contributed by atoms with van der Waals surface area (Å²) in [6.07, 6.45) is 5.57. The molecular weight excluding hydrogens is 618 g/mol. The predicted octanol–water partition coefficient (Wildman–Crippen LogP) is 5.88. The van der Waals surface area contributed by atoms with Gasteiger partial charge in [0.15, 0.2) is 0 Å². The second-order valence-corrected chi connectivity index (χ2v) is 12.2. The van der Waals surface area contributed by atoms with Crippen LogP contribution < -0.4 is 16.0 Å². The van der Waals surface area contributed by atoms with Crippen molar-refractivity contribution in [1.29, 1.82) is 0 Å². The van der Waals surface area contributed by atoms with Gasteiger partial charge in [-0.3, -0.25) is 9.59 Å². The zero-order chi connectivity index (χ0) is 28.1. The van der Waals surface area contributed by atoms with Gasteiger partial charge in [0.1, 0.15) is 17.0 Å². The highest BCUT2D eigenvalue weighted by Gasteiger charge is 2.65. The molecule has 0 unspecified atom stereocenters. The Labute approximate surface area is 259 Å². The second kappa shape index (κ2) is 12.4. The molecule has 13 heteroatoms. The molecule has 3 aromatic rings. The van der Waals surface area contributed by atoms with Crippen LogP contribution in [0.2, 0.25) is 10.0 Å². The van der Waals surface area contributed by atoms with Crippen LogP contribution in [0.15, 0.2) is 49.1 Å². The molecule has 1 fully saturated rings. The normalized spacial score (nSPS) is 23.0. The van der Waals surface area contributed by atoms with E-state index < -0.39 is 35.1 Å². The van der Waals surface area contributed by atoms with Gasteiger partial charge >= 0.3 is 0 Å². The van der Waals surface area contributed by atoms with Crippen molar-refractivity contribution in [1.82, 2.24) is 20.2 Å². The van der Waals surface area contributed by atoms with Crippen LogP contribution in [0.1, 0.15) is 44.2 Å². The van der Waals surface area contributed by atoms with Gasteiger partial charge in [-0.2, -0.15) is 0 Å². The topological polar surface area (TPSA) is 88.1 Å². The molecule has 3 N–H and O–H groups in total. The minimum Gasteiger partial charge on any atom is -0.353 e. The molecule has 5 rings (SSSR count). The summed E-state index contributed by atoms with van der Waals surface area (Å²) in [5.74, 6) is -2.86. The summed E-state index contributed by atoms with van der Waals surface area (Å²) in [5.41, 5.74) is -0.405. The van der Waals surface area contributed by atoms with Crippen molar-refractivity contribution in [2.75, 3.05) is 11.9 Å². The molecule has 0 bridgehead atoms. The Morgan fingerprint density at radius 1 is 1.12 bits per heavy atom. The summed E-state index contributed by atoms with van der Waals surface area (Å²) >= 11 is 12.3. The fraction of sp³-hybridized carbons (Fsp3) is 0.393. The number of benzene rings is 2. The maximum atomic E-state index is 15.0. The highest BCUT2D eigenvalue weighted by Crippen LogP contribution is 2.57. The molecule has 2 aliphatic rings. The fourth-order valence-corrected chi connectivity index (χ4v) is 6.33. The van der Waals surface area contributed by atoms with Crippen LogP contribution in [0.3, 0.4) is 0 Å². The summed E-state index contributed by atoms with van der Waals surface area (Å²) < 4.78 is 31.0. The van der Waals surface area contributed by atoms with Gasteiger partial charge in [-0.05, 0) is 47.2 Å². The van der Waals surface area contributed by atoms with Crippen LogP contribution in [0.25, 0.3) is 0 Å². The Morgan fingerprint density at radius 3 is 2.46 bits per heavy atom. The first kappa shape index (κ1) is 33.1. The van der Waals surface area contributed by atoms with E-state index >= 15 is 0 Å². The maximum Gasteiger partial charge on any atom is 0.237 e. The zero-order valence-electron chi connectivity index (χ0n) is 22.5. The number of imidazole rings is 1. The molecule has 41 heavy (non-hydrogen) atoms. The van der Waals surface area contributed by atoms with E-state index in [0.717, 1.165) is 0 Å². The smallest absolute Gasteiger partial charge is 0.237 e. The van der Waals surface area contributed by atoms with Crippen LogP contribution in [0.4, 0.5) is 14.5 Å². The Bertz CT molecular complexity index is 1430. The van der Waals surface area contributed by atoms with E-state index in [2.05, 4.69) is 20.9 Å². The SMILES string of the molecule is CC(C)(C)C[C@H]1N[C@@H](C(=O)NCCn2ccnc2)[C@H](c2ccc(F)c(Cl)c2)[C@@]12C(=O)Nc1cc(Cl)c(F)cc12.Cl.Cl. The number of halogens is 6. The third-order valence-corrected chi connectivity index (χ3v) is 8.09. The van der Waals surface area contributed by atoms with Crippen LogP contribution in [-0.4, -0.2) is 40.0 Å². The van der Waals surface area contributed by atoms with Crippen molar-refractivity contribution in [2.24, 2.45) is 5.41 Å². The minimum atomic E-state index is -1.40. The molecule has 4 atom stereocenters. The number of hydrogen-bond donors (Lipinski definition) is 3. The molecule has 0 saturated carbocycles. The number of nitrogens with one attached hydrogen (secondary N) is 3. The number of amides is 2. The maximum absolute atomic E-state index is 15.0. The van der Waals surface area contributed by atoms with Crippen molar-refractivity contribution >= 4 is 65.5 Å². The number of aromatic nitrogens is 2. The van der Waals surface area contributed by atoms with Crippen LogP contribution in [-0.2, 0) is 21.5 Å². The molecule has 1 aromatic heterocycles. The molecule has 3 heterocycles. The lowest BCUT2D eigenvalue weighted by atomic mass is 9.62. The second-order valence-electron chi connectivity index (χ2n) is 11.3. The first-order valence-electron chi connectivity index (χ1n) is 12.7. The monoisotopic (exact) mass is 647 g/mol. The number of rotatable bonds is 6. The summed E-state index contributed by atoms with van der Waals surface area (Å²) in [4.78, 5) is 31.9. The number of nitrogens with zero attached hydrogens (tertiary/aromatic N) is 2. The first-order chi connectivity index (χ1) is 18.4.